The summed E-state index contributed by atoms with van der Waals surface area (Å²) in [6.45, 7) is 1.60. The highest BCUT2D eigenvalue weighted by Gasteiger charge is 2.22. The molecule has 0 radical (unpaired) electrons. The van der Waals surface area contributed by atoms with Crippen LogP contribution in [0, 0.1) is 0 Å². The second-order valence-electron chi connectivity index (χ2n) is 4.91. The lowest BCUT2D eigenvalue weighted by Gasteiger charge is -2.10. The molecule has 122 valence electrons. The van der Waals surface area contributed by atoms with E-state index in [0.717, 1.165) is 0 Å². The van der Waals surface area contributed by atoms with Gasteiger partial charge in [0, 0.05) is 22.4 Å². The molecule has 0 saturated carbocycles. The van der Waals surface area contributed by atoms with E-state index in [0.29, 0.717) is 15.9 Å². The number of pyridine rings is 1. The lowest BCUT2D eigenvalue weighted by Crippen LogP contribution is -2.10. The fourth-order valence-electron chi connectivity index (χ4n) is 1.96. The number of halogens is 1. The van der Waals surface area contributed by atoms with Crippen molar-refractivity contribution >= 4 is 21.9 Å². The van der Waals surface area contributed by atoms with E-state index in [9.17, 15) is 9.90 Å². The molecule has 0 aliphatic carbocycles. The van der Waals surface area contributed by atoms with E-state index in [2.05, 4.69) is 31.1 Å². The zero-order chi connectivity index (χ0) is 17.1. The van der Waals surface area contributed by atoms with Crippen molar-refractivity contribution in [3.63, 3.8) is 0 Å². The SMILES string of the molecule is C[C@@H](OC(=O)c1cc(Br)ccc1O)c1nc(-c2cccnc2)no1. The van der Waals surface area contributed by atoms with Crippen molar-refractivity contribution in [1.82, 2.24) is 15.1 Å². The van der Waals surface area contributed by atoms with Crippen LogP contribution in [0.3, 0.4) is 0 Å². The zero-order valence-electron chi connectivity index (χ0n) is 12.5. The van der Waals surface area contributed by atoms with Crippen LogP contribution in [0.2, 0.25) is 0 Å². The number of hydrogen-bond donors (Lipinski definition) is 1. The molecule has 8 heteroatoms. The number of aromatic nitrogens is 3. The number of phenols is 1. The average molecular weight is 390 g/mol. The highest BCUT2D eigenvalue weighted by Crippen LogP contribution is 2.26. The van der Waals surface area contributed by atoms with Gasteiger partial charge in [-0.05, 0) is 37.3 Å². The number of benzene rings is 1. The standard InChI is InChI=1S/C16H12BrN3O4/c1-9(23-16(22)12-7-11(17)4-5-13(12)21)15-19-14(20-24-15)10-3-2-6-18-8-10/h2-9,21H,1H3/t9-/m1/s1. The molecular weight excluding hydrogens is 378 g/mol. The Morgan fingerprint density at radius 3 is 2.96 bits per heavy atom. The number of aromatic hydroxyl groups is 1. The molecular formula is C16H12BrN3O4. The van der Waals surface area contributed by atoms with Gasteiger partial charge in [-0.1, -0.05) is 21.1 Å². The third kappa shape index (κ3) is 3.43. The normalized spacial score (nSPS) is 11.9. The Balaban J connectivity index is 1.75. The highest BCUT2D eigenvalue weighted by atomic mass is 79.9. The summed E-state index contributed by atoms with van der Waals surface area (Å²) >= 11 is 3.24. The van der Waals surface area contributed by atoms with Crippen LogP contribution >= 0.6 is 15.9 Å². The molecule has 1 N–H and O–H groups in total. The maximum absolute atomic E-state index is 12.2. The Hall–Kier alpha value is -2.74. The summed E-state index contributed by atoms with van der Waals surface area (Å²) in [4.78, 5) is 20.4. The van der Waals surface area contributed by atoms with Crippen molar-refractivity contribution in [3.05, 3.63) is 58.7 Å². The van der Waals surface area contributed by atoms with E-state index >= 15 is 0 Å². The summed E-state index contributed by atoms with van der Waals surface area (Å²) in [5.74, 6) is -0.359. The van der Waals surface area contributed by atoms with Gasteiger partial charge in [0.05, 0.1) is 0 Å². The molecule has 3 aromatic rings. The fraction of sp³-hybridized carbons (Fsp3) is 0.125. The van der Waals surface area contributed by atoms with Crippen molar-refractivity contribution < 1.29 is 19.2 Å². The Morgan fingerprint density at radius 2 is 2.21 bits per heavy atom. The van der Waals surface area contributed by atoms with Gasteiger partial charge >= 0.3 is 5.97 Å². The summed E-state index contributed by atoms with van der Waals surface area (Å²) in [5, 5.41) is 13.6. The van der Waals surface area contributed by atoms with E-state index < -0.39 is 12.1 Å². The molecule has 0 amide bonds. The van der Waals surface area contributed by atoms with E-state index in [1.165, 1.54) is 12.1 Å². The van der Waals surface area contributed by atoms with Crippen molar-refractivity contribution in [3.8, 4) is 17.1 Å². The Bertz CT molecular complexity index is 867. The van der Waals surface area contributed by atoms with Gasteiger partial charge < -0.3 is 14.4 Å². The molecule has 1 atom stereocenters. The van der Waals surface area contributed by atoms with Gasteiger partial charge in [-0.15, -0.1) is 0 Å². The number of hydrogen-bond acceptors (Lipinski definition) is 7. The molecule has 0 aliphatic rings. The average Bonchev–Trinajstić information content (AvgIpc) is 3.08. The zero-order valence-corrected chi connectivity index (χ0v) is 14.1. The van der Waals surface area contributed by atoms with E-state index in [1.807, 2.05) is 0 Å². The van der Waals surface area contributed by atoms with Crippen LogP contribution in [0.1, 0.15) is 29.3 Å². The minimum absolute atomic E-state index is 0.0447. The van der Waals surface area contributed by atoms with Gasteiger partial charge in [0.15, 0.2) is 6.10 Å². The fourth-order valence-corrected chi connectivity index (χ4v) is 2.32. The summed E-state index contributed by atoms with van der Waals surface area (Å²) < 4.78 is 11.1. The van der Waals surface area contributed by atoms with Gasteiger partial charge in [-0.3, -0.25) is 4.98 Å². The van der Waals surface area contributed by atoms with Crippen LogP contribution in [0.5, 0.6) is 5.75 Å². The van der Waals surface area contributed by atoms with Crippen LogP contribution in [0.15, 0.2) is 51.7 Å². The van der Waals surface area contributed by atoms with E-state index in [-0.39, 0.29) is 17.2 Å². The predicted molar refractivity (Wildman–Crippen MR) is 87.2 cm³/mol. The van der Waals surface area contributed by atoms with Crippen LogP contribution in [-0.2, 0) is 4.74 Å². The minimum atomic E-state index is -0.770. The predicted octanol–water partition coefficient (Wildman–Crippen LogP) is 3.52. The van der Waals surface area contributed by atoms with Crippen molar-refractivity contribution in [1.29, 1.82) is 0 Å². The summed E-state index contributed by atoms with van der Waals surface area (Å²) in [6, 6.07) is 8.04. The number of ether oxygens (including phenoxy) is 1. The monoisotopic (exact) mass is 389 g/mol. The maximum Gasteiger partial charge on any atom is 0.342 e. The second kappa shape index (κ2) is 6.79. The van der Waals surface area contributed by atoms with Crippen LogP contribution in [-0.4, -0.2) is 26.2 Å². The van der Waals surface area contributed by atoms with Crippen LogP contribution in [0.25, 0.3) is 11.4 Å². The first kappa shape index (κ1) is 16.1. The Morgan fingerprint density at radius 1 is 1.38 bits per heavy atom. The van der Waals surface area contributed by atoms with E-state index in [4.69, 9.17) is 9.26 Å². The first-order chi connectivity index (χ1) is 11.5. The summed E-state index contributed by atoms with van der Waals surface area (Å²) in [5.41, 5.74) is 0.735. The first-order valence-corrected chi connectivity index (χ1v) is 7.77. The summed E-state index contributed by atoms with van der Waals surface area (Å²) in [7, 11) is 0. The molecule has 0 aliphatic heterocycles. The molecule has 24 heavy (non-hydrogen) atoms. The number of nitrogens with zero attached hydrogens (tertiary/aromatic N) is 3. The van der Waals surface area contributed by atoms with Gasteiger partial charge in [-0.2, -0.15) is 4.98 Å². The number of rotatable bonds is 4. The molecule has 2 aromatic heterocycles. The van der Waals surface area contributed by atoms with Crippen molar-refractivity contribution in [2.75, 3.05) is 0 Å². The first-order valence-electron chi connectivity index (χ1n) is 6.98. The largest absolute Gasteiger partial charge is 0.507 e. The van der Waals surface area contributed by atoms with Crippen LogP contribution in [0.4, 0.5) is 0 Å². The lowest BCUT2D eigenvalue weighted by atomic mass is 10.2. The smallest absolute Gasteiger partial charge is 0.342 e. The van der Waals surface area contributed by atoms with Gasteiger partial charge in [-0.25, -0.2) is 4.79 Å². The van der Waals surface area contributed by atoms with Crippen molar-refractivity contribution in [2.45, 2.75) is 13.0 Å². The third-order valence-electron chi connectivity index (χ3n) is 3.17. The molecule has 1 aromatic carbocycles. The molecule has 0 bridgehead atoms. The number of carbonyl (C=O) groups is 1. The third-order valence-corrected chi connectivity index (χ3v) is 3.66. The molecule has 0 saturated heterocycles. The van der Waals surface area contributed by atoms with E-state index in [1.54, 1.807) is 37.5 Å². The maximum atomic E-state index is 12.2. The molecule has 3 rings (SSSR count). The highest BCUT2D eigenvalue weighted by molar-refractivity contribution is 9.10. The Labute approximate surface area is 145 Å². The number of phenolic OH excluding ortho intramolecular Hbond substituents is 1. The molecule has 0 spiro atoms. The number of carbonyl (C=O) groups excluding carboxylic acids is 1. The van der Waals surface area contributed by atoms with Crippen molar-refractivity contribution in [2.24, 2.45) is 0 Å². The Kier molecular flexibility index (Phi) is 4.57. The van der Waals surface area contributed by atoms with Crippen LogP contribution < -0.4 is 0 Å². The number of esters is 1. The quantitative estimate of drug-likeness (QED) is 0.681. The lowest BCUT2D eigenvalue weighted by molar-refractivity contribution is 0.0262. The van der Waals surface area contributed by atoms with Gasteiger partial charge in [0.1, 0.15) is 11.3 Å². The molecule has 2 heterocycles. The molecule has 0 fully saturated rings. The topological polar surface area (TPSA) is 98.3 Å². The molecule has 0 unspecified atom stereocenters. The van der Waals surface area contributed by atoms with Gasteiger partial charge in [0.25, 0.3) is 5.89 Å². The van der Waals surface area contributed by atoms with Gasteiger partial charge in [0.2, 0.25) is 5.82 Å². The summed E-state index contributed by atoms with van der Waals surface area (Å²) in [6.07, 6.45) is 2.47. The minimum Gasteiger partial charge on any atom is -0.507 e. The molecule has 7 nitrogen and oxygen atoms in total. The second-order valence-corrected chi connectivity index (χ2v) is 5.82.